The highest BCUT2D eigenvalue weighted by molar-refractivity contribution is 5.91. The number of anilines is 1. The quantitative estimate of drug-likeness (QED) is 0.846. The van der Waals surface area contributed by atoms with Crippen molar-refractivity contribution >= 4 is 17.7 Å². The first kappa shape index (κ1) is 15.4. The van der Waals surface area contributed by atoms with Crippen molar-refractivity contribution < 1.29 is 14.7 Å². The number of nitrogens with one attached hydrogen (secondary N) is 1. The summed E-state index contributed by atoms with van der Waals surface area (Å²) in [5.41, 5.74) is 2.97. The van der Waals surface area contributed by atoms with Crippen molar-refractivity contribution in [3.63, 3.8) is 0 Å². The first-order valence-corrected chi connectivity index (χ1v) is 7.40. The average molecular weight is 290 g/mol. The zero-order chi connectivity index (χ0) is 15.4. The van der Waals surface area contributed by atoms with Gasteiger partial charge in [-0.05, 0) is 37.3 Å². The second-order valence-corrected chi connectivity index (χ2v) is 5.46. The van der Waals surface area contributed by atoms with Crippen molar-refractivity contribution in [1.82, 2.24) is 4.90 Å². The van der Waals surface area contributed by atoms with Gasteiger partial charge in [0.05, 0.1) is 6.42 Å². The molecule has 21 heavy (non-hydrogen) atoms. The number of rotatable bonds is 6. The zero-order valence-electron chi connectivity index (χ0n) is 12.6. The highest BCUT2D eigenvalue weighted by Crippen LogP contribution is 2.28. The van der Waals surface area contributed by atoms with E-state index in [-0.39, 0.29) is 25.0 Å². The van der Waals surface area contributed by atoms with E-state index in [2.05, 4.69) is 5.32 Å². The lowest BCUT2D eigenvalue weighted by Gasteiger charge is -2.23. The third kappa shape index (κ3) is 3.97. The van der Waals surface area contributed by atoms with Crippen LogP contribution in [0.15, 0.2) is 18.2 Å². The monoisotopic (exact) mass is 290 g/mol. The molecule has 2 rings (SSSR count). The van der Waals surface area contributed by atoms with Gasteiger partial charge in [0.25, 0.3) is 0 Å². The minimum atomic E-state index is -0.876. The van der Waals surface area contributed by atoms with Crippen LogP contribution in [0.2, 0.25) is 0 Å². The fraction of sp³-hybridized carbons (Fsp3) is 0.500. The molecule has 0 spiro atoms. The van der Waals surface area contributed by atoms with Gasteiger partial charge in [-0.15, -0.1) is 0 Å². The molecule has 1 aromatic carbocycles. The first-order chi connectivity index (χ1) is 10.0. The topological polar surface area (TPSA) is 69.6 Å². The summed E-state index contributed by atoms with van der Waals surface area (Å²) in [6.07, 6.45) is 2.75. The van der Waals surface area contributed by atoms with Crippen molar-refractivity contribution in [2.45, 2.75) is 45.6 Å². The van der Waals surface area contributed by atoms with E-state index >= 15 is 0 Å². The number of amides is 2. The van der Waals surface area contributed by atoms with E-state index < -0.39 is 5.97 Å². The SMILES string of the molecule is CCc1cccc(C)c1NC(=O)N(CCC(=O)O)C1CC1. The van der Waals surface area contributed by atoms with Gasteiger partial charge >= 0.3 is 12.0 Å². The van der Waals surface area contributed by atoms with E-state index in [0.29, 0.717) is 0 Å². The normalized spacial score (nSPS) is 13.8. The first-order valence-electron chi connectivity index (χ1n) is 7.40. The van der Waals surface area contributed by atoms with Crippen molar-refractivity contribution in [2.24, 2.45) is 0 Å². The number of hydrogen-bond acceptors (Lipinski definition) is 2. The Bertz CT molecular complexity index is 538. The summed E-state index contributed by atoms with van der Waals surface area (Å²) in [5, 5.41) is 11.8. The van der Waals surface area contributed by atoms with E-state index in [1.54, 1.807) is 4.90 Å². The predicted octanol–water partition coefficient (Wildman–Crippen LogP) is 3.03. The molecule has 114 valence electrons. The molecule has 5 heteroatoms. The Balaban J connectivity index is 2.10. The number of aliphatic carboxylic acids is 1. The lowest BCUT2D eigenvalue weighted by molar-refractivity contribution is -0.137. The molecule has 0 bridgehead atoms. The largest absolute Gasteiger partial charge is 0.481 e. The van der Waals surface area contributed by atoms with Crippen LogP contribution in [0, 0.1) is 6.92 Å². The van der Waals surface area contributed by atoms with Crippen molar-refractivity contribution in [3.05, 3.63) is 29.3 Å². The number of carbonyl (C=O) groups excluding carboxylic acids is 1. The van der Waals surface area contributed by atoms with Crippen LogP contribution in [0.1, 0.15) is 37.3 Å². The molecular formula is C16H22N2O3. The van der Waals surface area contributed by atoms with Crippen LogP contribution < -0.4 is 5.32 Å². The molecule has 1 aromatic rings. The standard InChI is InChI=1S/C16H22N2O3/c1-3-12-6-4-5-11(2)15(12)17-16(21)18(13-7-8-13)10-9-14(19)20/h4-6,13H,3,7-10H2,1-2H3,(H,17,21)(H,19,20). The van der Waals surface area contributed by atoms with Crippen molar-refractivity contribution in [2.75, 3.05) is 11.9 Å². The minimum Gasteiger partial charge on any atom is -0.481 e. The maximum atomic E-state index is 12.4. The van der Waals surface area contributed by atoms with E-state index in [9.17, 15) is 9.59 Å². The Morgan fingerprint density at radius 3 is 2.67 bits per heavy atom. The van der Waals surface area contributed by atoms with Crippen LogP contribution in [0.25, 0.3) is 0 Å². The Morgan fingerprint density at radius 1 is 1.38 bits per heavy atom. The van der Waals surface area contributed by atoms with Crippen molar-refractivity contribution in [1.29, 1.82) is 0 Å². The molecule has 0 radical (unpaired) electrons. The smallest absolute Gasteiger partial charge is 0.322 e. The maximum Gasteiger partial charge on any atom is 0.322 e. The van der Waals surface area contributed by atoms with Gasteiger partial charge in [-0.25, -0.2) is 4.79 Å². The fourth-order valence-corrected chi connectivity index (χ4v) is 2.43. The Morgan fingerprint density at radius 2 is 2.10 bits per heavy atom. The van der Waals surface area contributed by atoms with Crippen LogP contribution >= 0.6 is 0 Å². The van der Waals surface area contributed by atoms with Gasteiger partial charge in [-0.2, -0.15) is 0 Å². The van der Waals surface area contributed by atoms with Gasteiger partial charge in [0, 0.05) is 18.3 Å². The molecule has 0 atom stereocenters. The van der Waals surface area contributed by atoms with Crippen LogP contribution in [0.5, 0.6) is 0 Å². The molecule has 5 nitrogen and oxygen atoms in total. The number of carbonyl (C=O) groups is 2. The number of urea groups is 1. The summed E-state index contributed by atoms with van der Waals surface area (Å²) in [6.45, 7) is 4.28. The number of carboxylic acids is 1. The van der Waals surface area contributed by atoms with Gasteiger partial charge in [0.1, 0.15) is 0 Å². The summed E-state index contributed by atoms with van der Waals surface area (Å²) in [7, 11) is 0. The van der Waals surface area contributed by atoms with Gasteiger partial charge < -0.3 is 15.3 Å². The number of para-hydroxylation sites is 1. The predicted molar refractivity (Wildman–Crippen MR) is 81.6 cm³/mol. The second kappa shape index (κ2) is 6.61. The fourth-order valence-electron chi connectivity index (χ4n) is 2.43. The molecular weight excluding hydrogens is 268 g/mol. The molecule has 1 aliphatic carbocycles. The lowest BCUT2D eigenvalue weighted by Crippen LogP contribution is -2.38. The van der Waals surface area contributed by atoms with Crippen LogP contribution in [-0.4, -0.2) is 34.6 Å². The summed E-state index contributed by atoms with van der Waals surface area (Å²) in [5.74, 6) is -0.876. The molecule has 1 aliphatic rings. The minimum absolute atomic E-state index is 0.0155. The van der Waals surface area contributed by atoms with Crippen molar-refractivity contribution in [3.8, 4) is 0 Å². The average Bonchev–Trinajstić information content (AvgIpc) is 3.25. The molecule has 0 saturated heterocycles. The second-order valence-electron chi connectivity index (χ2n) is 5.46. The zero-order valence-corrected chi connectivity index (χ0v) is 12.6. The van der Waals surface area contributed by atoms with Gasteiger partial charge in [0.2, 0.25) is 0 Å². The highest BCUT2D eigenvalue weighted by Gasteiger charge is 2.33. The third-order valence-corrected chi connectivity index (χ3v) is 3.79. The molecule has 0 aromatic heterocycles. The van der Waals surface area contributed by atoms with E-state index in [1.165, 1.54) is 0 Å². The molecule has 1 saturated carbocycles. The van der Waals surface area contributed by atoms with Crippen LogP contribution in [-0.2, 0) is 11.2 Å². The Hall–Kier alpha value is -2.04. The third-order valence-electron chi connectivity index (χ3n) is 3.79. The summed E-state index contributed by atoms with van der Waals surface area (Å²) >= 11 is 0. The molecule has 2 N–H and O–H groups in total. The van der Waals surface area contributed by atoms with E-state index in [0.717, 1.165) is 36.1 Å². The molecule has 0 aliphatic heterocycles. The highest BCUT2D eigenvalue weighted by atomic mass is 16.4. The molecule has 0 unspecified atom stereocenters. The summed E-state index contributed by atoms with van der Waals surface area (Å²) in [6, 6.07) is 5.95. The number of carboxylic acid groups (broad SMARTS) is 1. The molecule has 2 amide bonds. The van der Waals surface area contributed by atoms with Gasteiger partial charge in [-0.1, -0.05) is 25.1 Å². The number of nitrogens with zero attached hydrogens (tertiary/aromatic N) is 1. The maximum absolute atomic E-state index is 12.4. The summed E-state index contributed by atoms with van der Waals surface area (Å²) < 4.78 is 0. The van der Waals surface area contributed by atoms with Crippen LogP contribution in [0.3, 0.4) is 0 Å². The number of benzene rings is 1. The number of aryl methyl sites for hydroxylation is 2. The Kier molecular flexibility index (Phi) is 4.83. The van der Waals surface area contributed by atoms with E-state index in [4.69, 9.17) is 5.11 Å². The van der Waals surface area contributed by atoms with Crippen LogP contribution in [0.4, 0.5) is 10.5 Å². The summed E-state index contributed by atoms with van der Waals surface area (Å²) in [4.78, 5) is 24.8. The Labute approximate surface area is 125 Å². The van der Waals surface area contributed by atoms with Gasteiger partial charge in [0.15, 0.2) is 0 Å². The number of hydrogen-bond donors (Lipinski definition) is 2. The van der Waals surface area contributed by atoms with E-state index in [1.807, 2.05) is 32.0 Å². The molecule has 1 fully saturated rings. The van der Waals surface area contributed by atoms with Gasteiger partial charge in [-0.3, -0.25) is 4.79 Å². The molecule has 0 heterocycles. The lowest BCUT2D eigenvalue weighted by atomic mass is 10.1.